The van der Waals surface area contributed by atoms with Gasteiger partial charge in [-0.3, -0.25) is 0 Å². The average Bonchev–Trinajstić information content (AvgIpc) is 2.39. The third-order valence-corrected chi connectivity index (χ3v) is 2.07. The fraction of sp³-hybridized carbons (Fsp3) is 0.429. The van der Waals surface area contributed by atoms with Gasteiger partial charge in [0.1, 0.15) is 11.5 Å². The third-order valence-electron chi connectivity index (χ3n) is 2.07. The maximum absolute atomic E-state index is 5.40. The fourth-order valence-corrected chi connectivity index (χ4v) is 1.21. The smallest absolute Gasteiger partial charge is 0.189 e. The number of hydrogen-bond acceptors (Lipinski definition) is 4. The Morgan fingerprint density at radius 3 is 1.83 bits per heavy atom. The Kier molecular flexibility index (Phi) is 6.70. The van der Waals surface area contributed by atoms with Crippen molar-refractivity contribution in [2.45, 2.75) is 13.8 Å². The van der Waals surface area contributed by atoms with Crippen LogP contribution in [-0.2, 0) is 9.47 Å². The summed E-state index contributed by atoms with van der Waals surface area (Å²) < 4.78 is 21.0. The van der Waals surface area contributed by atoms with E-state index in [0.717, 1.165) is 0 Å². The van der Waals surface area contributed by atoms with Gasteiger partial charge >= 0.3 is 0 Å². The van der Waals surface area contributed by atoms with Crippen LogP contribution < -0.4 is 9.47 Å². The van der Waals surface area contributed by atoms with Crippen molar-refractivity contribution in [1.82, 2.24) is 0 Å². The lowest BCUT2D eigenvalue weighted by molar-refractivity contribution is 0.0182. The Bertz CT molecular complexity index is 367. The zero-order valence-electron chi connectivity index (χ0n) is 10.8. The van der Waals surface area contributed by atoms with E-state index in [2.05, 4.69) is 5.92 Å². The zero-order valence-corrected chi connectivity index (χ0v) is 10.8. The second kappa shape index (κ2) is 8.40. The molecular formula is C14H18O4. The third kappa shape index (κ3) is 5.09. The highest BCUT2D eigenvalue weighted by atomic mass is 16.7. The highest BCUT2D eigenvalue weighted by molar-refractivity contribution is 5.45. The molecular weight excluding hydrogens is 232 g/mol. The maximum Gasteiger partial charge on any atom is 0.189 e. The highest BCUT2D eigenvalue weighted by Crippen LogP contribution is 2.22. The van der Waals surface area contributed by atoms with Crippen molar-refractivity contribution >= 4 is 0 Å². The van der Waals surface area contributed by atoms with E-state index >= 15 is 0 Å². The van der Waals surface area contributed by atoms with Crippen LogP contribution in [0.25, 0.3) is 0 Å². The SMILES string of the molecule is C#Cc1cc(OCOCC)cc(OCOCC)c1. The number of hydrogen-bond donors (Lipinski definition) is 0. The summed E-state index contributed by atoms with van der Waals surface area (Å²) in [5.74, 6) is 3.78. The predicted octanol–water partition coefficient (Wildman–Crippen LogP) is 2.41. The number of rotatable bonds is 8. The van der Waals surface area contributed by atoms with Gasteiger partial charge < -0.3 is 18.9 Å². The van der Waals surface area contributed by atoms with Crippen molar-refractivity contribution in [2.75, 3.05) is 26.8 Å². The number of terminal acetylenes is 1. The molecule has 0 saturated carbocycles. The molecule has 0 saturated heterocycles. The molecule has 0 aromatic heterocycles. The number of ether oxygens (including phenoxy) is 4. The largest absolute Gasteiger partial charge is 0.467 e. The van der Waals surface area contributed by atoms with Crippen molar-refractivity contribution in [3.05, 3.63) is 23.8 Å². The molecule has 1 aromatic carbocycles. The van der Waals surface area contributed by atoms with Gasteiger partial charge in [0.2, 0.25) is 0 Å². The van der Waals surface area contributed by atoms with Gasteiger partial charge in [-0.05, 0) is 26.0 Å². The van der Waals surface area contributed by atoms with E-state index < -0.39 is 0 Å². The van der Waals surface area contributed by atoms with Gasteiger partial charge in [0.05, 0.1) is 0 Å². The van der Waals surface area contributed by atoms with E-state index in [1.807, 2.05) is 13.8 Å². The van der Waals surface area contributed by atoms with E-state index in [1.54, 1.807) is 18.2 Å². The quantitative estimate of drug-likeness (QED) is 0.403. The minimum Gasteiger partial charge on any atom is -0.467 e. The first-order chi connectivity index (χ1) is 8.80. The summed E-state index contributed by atoms with van der Waals surface area (Å²) in [4.78, 5) is 0. The van der Waals surface area contributed by atoms with Gasteiger partial charge in [0, 0.05) is 24.8 Å². The van der Waals surface area contributed by atoms with Crippen molar-refractivity contribution in [3.63, 3.8) is 0 Å². The van der Waals surface area contributed by atoms with Crippen molar-refractivity contribution < 1.29 is 18.9 Å². The molecule has 0 aliphatic carbocycles. The Labute approximate surface area is 108 Å². The van der Waals surface area contributed by atoms with Gasteiger partial charge in [-0.25, -0.2) is 0 Å². The first-order valence-electron chi connectivity index (χ1n) is 5.83. The molecule has 18 heavy (non-hydrogen) atoms. The van der Waals surface area contributed by atoms with E-state index in [1.165, 1.54) is 0 Å². The summed E-state index contributed by atoms with van der Waals surface area (Å²) in [6.45, 7) is 5.38. The lowest BCUT2D eigenvalue weighted by Crippen LogP contribution is -2.04. The molecule has 0 unspecified atom stereocenters. The summed E-state index contributed by atoms with van der Waals surface area (Å²) in [6.07, 6.45) is 5.37. The Morgan fingerprint density at radius 1 is 0.944 bits per heavy atom. The monoisotopic (exact) mass is 250 g/mol. The molecule has 0 spiro atoms. The summed E-state index contributed by atoms with van der Waals surface area (Å²) in [5.41, 5.74) is 0.690. The minimum atomic E-state index is 0.190. The zero-order chi connectivity index (χ0) is 13.2. The molecule has 4 heteroatoms. The second-order valence-corrected chi connectivity index (χ2v) is 3.35. The topological polar surface area (TPSA) is 36.9 Å². The molecule has 4 nitrogen and oxygen atoms in total. The van der Waals surface area contributed by atoms with Crippen molar-refractivity contribution in [2.24, 2.45) is 0 Å². The van der Waals surface area contributed by atoms with Crippen LogP contribution in [-0.4, -0.2) is 26.8 Å². The highest BCUT2D eigenvalue weighted by Gasteiger charge is 2.02. The van der Waals surface area contributed by atoms with Crippen LogP contribution in [0.5, 0.6) is 11.5 Å². The first-order valence-corrected chi connectivity index (χ1v) is 5.83. The summed E-state index contributed by atoms with van der Waals surface area (Å²) >= 11 is 0. The van der Waals surface area contributed by atoms with E-state index in [0.29, 0.717) is 30.3 Å². The molecule has 1 aromatic rings. The van der Waals surface area contributed by atoms with Crippen LogP contribution in [0, 0.1) is 12.3 Å². The molecule has 0 heterocycles. The lowest BCUT2D eigenvalue weighted by atomic mass is 10.2. The van der Waals surface area contributed by atoms with Gasteiger partial charge in [0.25, 0.3) is 0 Å². The molecule has 0 N–H and O–H groups in total. The van der Waals surface area contributed by atoms with Crippen LogP contribution in [0.15, 0.2) is 18.2 Å². The molecule has 0 atom stereocenters. The lowest BCUT2D eigenvalue weighted by Gasteiger charge is -2.10. The normalized spacial score (nSPS) is 9.83. The molecule has 0 bridgehead atoms. The Morgan fingerprint density at radius 2 is 1.44 bits per heavy atom. The molecule has 0 fully saturated rings. The minimum absolute atomic E-state index is 0.190. The molecule has 98 valence electrons. The Hall–Kier alpha value is -1.70. The molecule has 0 amide bonds. The van der Waals surface area contributed by atoms with Crippen molar-refractivity contribution in [3.8, 4) is 23.8 Å². The molecule has 1 rings (SSSR count). The summed E-state index contributed by atoms with van der Waals surface area (Å²) in [5, 5.41) is 0. The number of benzene rings is 1. The molecule has 0 radical (unpaired) electrons. The van der Waals surface area contributed by atoms with E-state index in [-0.39, 0.29) is 13.6 Å². The van der Waals surface area contributed by atoms with E-state index in [9.17, 15) is 0 Å². The van der Waals surface area contributed by atoms with Crippen LogP contribution in [0.3, 0.4) is 0 Å². The predicted molar refractivity (Wildman–Crippen MR) is 68.6 cm³/mol. The summed E-state index contributed by atoms with van der Waals surface area (Å²) in [6, 6.07) is 5.26. The van der Waals surface area contributed by atoms with Gasteiger partial charge in [0.15, 0.2) is 13.6 Å². The fourth-order valence-electron chi connectivity index (χ4n) is 1.21. The Balaban J connectivity index is 2.65. The molecule has 0 aliphatic heterocycles. The van der Waals surface area contributed by atoms with Crippen LogP contribution in [0.4, 0.5) is 0 Å². The molecule has 0 aliphatic rings. The van der Waals surface area contributed by atoms with Gasteiger partial charge in [-0.15, -0.1) is 6.42 Å². The van der Waals surface area contributed by atoms with Crippen LogP contribution >= 0.6 is 0 Å². The van der Waals surface area contributed by atoms with E-state index in [4.69, 9.17) is 25.4 Å². The van der Waals surface area contributed by atoms with Gasteiger partial charge in [-0.2, -0.15) is 0 Å². The second-order valence-electron chi connectivity index (χ2n) is 3.35. The average molecular weight is 250 g/mol. The maximum atomic E-state index is 5.40. The van der Waals surface area contributed by atoms with Crippen molar-refractivity contribution in [1.29, 1.82) is 0 Å². The summed E-state index contributed by atoms with van der Waals surface area (Å²) in [7, 11) is 0. The first kappa shape index (κ1) is 14.4. The van der Waals surface area contributed by atoms with Gasteiger partial charge in [-0.1, -0.05) is 5.92 Å². The van der Waals surface area contributed by atoms with Crippen LogP contribution in [0.1, 0.15) is 19.4 Å². The van der Waals surface area contributed by atoms with Crippen LogP contribution in [0.2, 0.25) is 0 Å². The standard InChI is InChI=1S/C14H18O4/c1-4-12-7-13(17-10-15-5-2)9-14(8-12)18-11-16-6-3/h1,7-9H,5-6,10-11H2,2-3H3.